The molecule has 176 valence electrons. The standard InChI is InChI=1S/C28H29NO5/c1-2-28(30)29(17-21-8-10-24-26(15-21)33-18-31-24)13-12-23(14-20-6-4-3-5-7-20)22-9-11-25-27(16-22)34-19-32-25/h3-11,15-16,23H,2,12-14,17-19H2,1H3/t23-/m1/s1. The zero-order valence-corrected chi connectivity index (χ0v) is 19.4. The molecule has 6 nitrogen and oxygen atoms in total. The van der Waals surface area contributed by atoms with Crippen LogP contribution in [0.25, 0.3) is 0 Å². The highest BCUT2D eigenvalue weighted by Crippen LogP contribution is 2.37. The van der Waals surface area contributed by atoms with Gasteiger partial charge in [-0.3, -0.25) is 4.79 Å². The van der Waals surface area contributed by atoms with Crippen molar-refractivity contribution < 1.29 is 23.7 Å². The largest absolute Gasteiger partial charge is 0.454 e. The van der Waals surface area contributed by atoms with Gasteiger partial charge in [-0.15, -0.1) is 0 Å². The smallest absolute Gasteiger partial charge is 0.231 e. The Morgan fingerprint density at radius 2 is 1.50 bits per heavy atom. The van der Waals surface area contributed by atoms with Gasteiger partial charge in [0, 0.05) is 19.5 Å². The summed E-state index contributed by atoms with van der Waals surface area (Å²) in [5.74, 6) is 3.44. The molecule has 6 heteroatoms. The third-order valence-corrected chi connectivity index (χ3v) is 6.41. The molecule has 1 amide bonds. The van der Waals surface area contributed by atoms with Crippen molar-refractivity contribution in [2.45, 2.75) is 38.6 Å². The lowest BCUT2D eigenvalue weighted by Crippen LogP contribution is -2.32. The summed E-state index contributed by atoms with van der Waals surface area (Å²) in [6, 6.07) is 22.5. The molecule has 0 unspecified atom stereocenters. The molecular weight excluding hydrogens is 430 g/mol. The summed E-state index contributed by atoms with van der Waals surface area (Å²) in [4.78, 5) is 14.8. The molecule has 0 N–H and O–H groups in total. The van der Waals surface area contributed by atoms with Gasteiger partial charge in [-0.25, -0.2) is 0 Å². The molecule has 3 aromatic rings. The molecule has 0 bridgehead atoms. The molecule has 2 heterocycles. The average molecular weight is 460 g/mol. The van der Waals surface area contributed by atoms with Gasteiger partial charge in [-0.05, 0) is 59.7 Å². The molecule has 0 aliphatic carbocycles. The van der Waals surface area contributed by atoms with E-state index in [1.165, 1.54) is 11.1 Å². The number of amides is 1. The van der Waals surface area contributed by atoms with E-state index in [9.17, 15) is 4.79 Å². The molecule has 5 rings (SSSR count). The fourth-order valence-corrected chi connectivity index (χ4v) is 4.54. The summed E-state index contributed by atoms with van der Waals surface area (Å²) in [5, 5.41) is 0. The summed E-state index contributed by atoms with van der Waals surface area (Å²) in [5.41, 5.74) is 3.50. The van der Waals surface area contributed by atoms with Crippen LogP contribution in [0.3, 0.4) is 0 Å². The van der Waals surface area contributed by atoms with Crippen LogP contribution >= 0.6 is 0 Å². The van der Waals surface area contributed by atoms with Gasteiger partial charge in [0.2, 0.25) is 19.5 Å². The molecule has 1 atom stereocenters. The number of hydrogen-bond acceptors (Lipinski definition) is 5. The van der Waals surface area contributed by atoms with Gasteiger partial charge in [0.1, 0.15) is 0 Å². The molecule has 0 aromatic heterocycles. The normalized spacial score (nSPS) is 14.1. The molecule has 34 heavy (non-hydrogen) atoms. The first kappa shape index (κ1) is 22.1. The minimum absolute atomic E-state index is 0.141. The number of rotatable bonds is 9. The third kappa shape index (κ3) is 4.96. The Bertz CT molecular complexity index is 1150. The maximum Gasteiger partial charge on any atom is 0.231 e. The maximum absolute atomic E-state index is 12.8. The lowest BCUT2D eigenvalue weighted by atomic mass is 9.88. The number of hydrogen-bond donors (Lipinski definition) is 0. The third-order valence-electron chi connectivity index (χ3n) is 6.41. The summed E-state index contributed by atoms with van der Waals surface area (Å²) in [6.45, 7) is 3.62. The van der Waals surface area contributed by atoms with Gasteiger partial charge < -0.3 is 23.8 Å². The molecule has 2 aliphatic heterocycles. The fraction of sp³-hybridized carbons (Fsp3) is 0.321. The van der Waals surface area contributed by atoms with Crippen LogP contribution < -0.4 is 18.9 Å². The number of benzene rings is 3. The van der Waals surface area contributed by atoms with Crippen molar-refractivity contribution in [2.75, 3.05) is 20.1 Å². The van der Waals surface area contributed by atoms with Gasteiger partial charge in [0.05, 0.1) is 0 Å². The van der Waals surface area contributed by atoms with Gasteiger partial charge in [-0.2, -0.15) is 0 Å². The van der Waals surface area contributed by atoms with Crippen LogP contribution in [0.2, 0.25) is 0 Å². The van der Waals surface area contributed by atoms with Crippen LogP contribution in [-0.4, -0.2) is 30.9 Å². The first-order chi connectivity index (χ1) is 16.7. The van der Waals surface area contributed by atoms with Crippen molar-refractivity contribution in [3.05, 3.63) is 83.4 Å². The van der Waals surface area contributed by atoms with Gasteiger partial charge >= 0.3 is 0 Å². The maximum atomic E-state index is 12.8. The minimum Gasteiger partial charge on any atom is -0.454 e. The van der Waals surface area contributed by atoms with E-state index in [-0.39, 0.29) is 25.4 Å². The highest BCUT2D eigenvalue weighted by Gasteiger charge is 2.22. The van der Waals surface area contributed by atoms with Gasteiger partial charge in [0.15, 0.2) is 23.0 Å². The Labute approximate surface area is 200 Å². The first-order valence-corrected chi connectivity index (χ1v) is 11.8. The molecule has 0 saturated carbocycles. The summed E-state index contributed by atoms with van der Waals surface area (Å²) >= 11 is 0. The molecular formula is C28H29NO5. The quantitative estimate of drug-likeness (QED) is 0.435. The van der Waals surface area contributed by atoms with E-state index in [1.807, 2.05) is 42.2 Å². The zero-order valence-electron chi connectivity index (χ0n) is 19.4. The highest BCUT2D eigenvalue weighted by atomic mass is 16.7. The van der Waals surface area contributed by atoms with Crippen molar-refractivity contribution in [3.63, 3.8) is 0 Å². The highest BCUT2D eigenvalue weighted by molar-refractivity contribution is 5.75. The lowest BCUT2D eigenvalue weighted by molar-refractivity contribution is -0.131. The van der Waals surface area contributed by atoms with Crippen molar-refractivity contribution in [1.82, 2.24) is 4.90 Å². The average Bonchev–Trinajstić information content (AvgIpc) is 3.54. The number of carbonyl (C=O) groups is 1. The van der Waals surface area contributed by atoms with Crippen LogP contribution in [0.15, 0.2) is 66.7 Å². The second kappa shape index (κ2) is 10.1. The molecule has 3 aromatic carbocycles. The molecule has 0 fully saturated rings. The SMILES string of the molecule is CCC(=O)N(CC[C@H](Cc1ccccc1)c1ccc2c(c1)OCO2)Cc1ccc2c(c1)OCO2. The van der Waals surface area contributed by atoms with Gasteiger partial charge in [0.25, 0.3) is 0 Å². The molecule has 2 aliphatic rings. The first-order valence-electron chi connectivity index (χ1n) is 11.8. The van der Waals surface area contributed by atoms with E-state index < -0.39 is 0 Å². The van der Waals surface area contributed by atoms with Crippen LogP contribution in [0, 0.1) is 0 Å². The number of fused-ring (bicyclic) bond motifs is 2. The van der Waals surface area contributed by atoms with E-state index in [0.717, 1.165) is 41.4 Å². The van der Waals surface area contributed by atoms with Crippen molar-refractivity contribution in [3.8, 4) is 23.0 Å². The van der Waals surface area contributed by atoms with Crippen molar-refractivity contribution in [1.29, 1.82) is 0 Å². The Morgan fingerprint density at radius 1 is 0.824 bits per heavy atom. The van der Waals surface area contributed by atoms with Crippen LogP contribution in [0.1, 0.15) is 42.4 Å². The van der Waals surface area contributed by atoms with Crippen LogP contribution in [0.5, 0.6) is 23.0 Å². The zero-order chi connectivity index (χ0) is 23.3. The summed E-state index contributed by atoms with van der Waals surface area (Å²) < 4.78 is 22.1. The Morgan fingerprint density at radius 3 is 2.24 bits per heavy atom. The van der Waals surface area contributed by atoms with E-state index in [2.05, 4.69) is 36.4 Å². The van der Waals surface area contributed by atoms with Crippen LogP contribution in [0.4, 0.5) is 0 Å². The molecule has 0 spiro atoms. The van der Waals surface area contributed by atoms with E-state index >= 15 is 0 Å². The lowest BCUT2D eigenvalue weighted by Gasteiger charge is -2.26. The second-order valence-corrected chi connectivity index (χ2v) is 8.64. The monoisotopic (exact) mass is 459 g/mol. The molecule has 0 saturated heterocycles. The van der Waals surface area contributed by atoms with E-state index in [1.54, 1.807) is 0 Å². The Hall–Kier alpha value is -3.67. The Balaban J connectivity index is 1.34. The van der Waals surface area contributed by atoms with Crippen LogP contribution in [-0.2, 0) is 17.8 Å². The number of ether oxygens (including phenoxy) is 4. The van der Waals surface area contributed by atoms with E-state index in [4.69, 9.17) is 18.9 Å². The number of carbonyl (C=O) groups excluding carboxylic acids is 1. The summed E-state index contributed by atoms with van der Waals surface area (Å²) in [7, 11) is 0. The summed E-state index contributed by atoms with van der Waals surface area (Å²) in [6.07, 6.45) is 2.20. The van der Waals surface area contributed by atoms with Crippen molar-refractivity contribution in [2.24, 2.45) is 0 Å². The van der Waals surface area contributed by atoms with Gasteiger partial charge in [-0.1, -0.05) is 49.4 Å². The Kier molecular flexibility index (Phi) is 6.56. The van der Waals surface area contributed by atoms with Crippen molar-refractivity contribution >= 4 is 5.91 Å². The topological polar surface area (TPSA) is 57.2 Å². The predicted molar refractivity (Wildman–Crippen MR) is 128 cm³/mol. The minimum atomic E-state index is 0.141. The number of nitrogens with zero attached hydrogens (tertiary/aromatic N) is 1. The van der Waals surface area contributed by atoms with E-state index in [0.29, 0.717) is 19.5 Å². The molecule has 0 radical (unpaired) electrons. The predicted octanol–water partition coefficient (Wildman–Crippen LogP) is 5.30. The fourth-order valence-electron chi connectivity index (χ4n) is 4.54. The second-order valence-electron chi connectivity index (χ2n) is 8.64.